The molecule has 1 aliphatic heterocycles. The van der Waals surface area contributed by atoms with E-state index in [0.29, 0.717) is 6.04 Å². The third-order valence-electron chi connectivity index (χ3n) is 3.79. The molecule has 0 aromatic carbocycles. The molecule has 90 valence electrons. The zero-order valence-corrected chi connectivity index (χ0v) is 10.7. The number of likely N-dealkylation sites (tertiary alicyclic amines) is 1. The third-order valence-corrected chi connectivity index (χ3v) is 3.79. The fourth-order valence-corrected chi connectivity index (χ4v) is 2.73. The fraction of sp³-hybridized carbons (Fsp3) is 1.00. The highest BCUT2D eigenvalue weighted by atomic mass is 15.2. The van der Waals surface area contributed by atoms with E-state index in [9.17, 15) is 0 Å². The molecule has 1 saturated heterocycles. The van der Waals surface area contributed by atoms with Crippen molar-refractivity contribution in [2.45, 2.75) is 52.5 Å². The van der Waals surface area contributed by atoms with E-state index >= 15 is 0 Å². The van der Waals surface area contributed by atoms with Crippen LogP contribution in [0.1, 0.15) is 46.5 Å². The molecule has 2 nitrogen and oxygen atoms in total. The average Bonchev–Trinajstić information content (AvgIpc) is 2.25. The van der Waals surface area contributed by atoms with Crippen LogP contribution < -0.4 is 5.73 Å². The van der Waals surface area contributed by atoms with Gasteiger partial charge in [-0.15, -0.1) is 0 Å². The maximum Gasteiger partial charge on any atom is 0.0246 e. The van der Waals surface area contributed by atoms with Crippen LogP contribution in [0.15, 0.2) is 0 Å². The van der Waals surface area contributed by atoms with Gasteiger partial charge in [-0.2, -0.15) is 0 Å². The second kappa shape index (κ2) is 6.49. The van der Waals surface area contributed by atoms with Crippen molar-refractivity contribution in [2.24, 2.45) is 17.6 Å². The predicted octanol–water partition coefficient (Wildman–Crippen LogP) is 2.48. The lowest BCUT2D eigenvalue weighted by Gasteiger charge is -2.41. The van der Waals surface area contributed by atoms with Crippen molar-refractivity contribution >= 4 is 0 Å². The predicted molar refractivity (Wildman–Crippen MR) is 66.9 cm³/mol. The van der Waals surface area contributed by atoms with Crippen molar-refractivity contribution in [3.8, 4) is 0 Å². The summed E-state index contributed by atoms with van der Waals surface area (Å²) >= 11 is 0. The average molecular weight is 212 g/mol. The summed E-state index contributed by atoms with van der Waals surface area (Å²) in [4.78, 5) is 2.64. The van der Waals surface area contributed by atoms with Gasteiger partial charge in [-0.25, -0.2) is 0 Å². The second-order valence-corrected chi connectivity index (χ2v) is 5.33. The molecule has 0 aromatic rings. The smallest absolute Gasteiger partial charge is 0.0246 e. The van der Waals surface area contributed by atoms with Crippen molar-refractivity contribution in [3.05, 3.63) is 0 Å². The van der Waals surface area contributed by atoms with E-state index in [1.807, 2.05) is 0 Å². The minimum atomic E-state index is 0.655. The summed E-state index contributed by atoms with van der Waals surface area (Å²) in [6.45, 7) is 10.3. The third kappa shape index (κ3) is 3.76. The summed E-state index contributed by atoms with van der Waals surface area (Å²) in [6.07, 6.45) is 5.36. The molecule has 1 rings (SSSR count). The van der Waals surface area contributed by atoms with E-state index in [0.717, 1.165) is 18.4 Å². The van der Waals surface area contributed by atoms with E-state index in [1.165, 1.54) is 38.8 Å². The molecule has 2 N–H and O–H groups in total. The Morgan fingerprint density at radius 3 is 2.67 bits per heavy atom. The molecule has 0 aliphatic carbocycles. The molecule has 2 unspecified atom stereocenters. The molecule has 15 heavy (non-hydrogen) atoms. The van der Waals surface area contributed by atoms with Crippen molar-refractivity contribution in [3.63, 3.8) is 0 Å². The lowest BCUT2D eigenvalue weighted by Crippen LogP contribution is -2.49. The molecular formula is C13H28N2. The van der Waals surface area contributed by atoms with Crippen LogP contribution in [0.25, 0.3) is 0 Å². The summed E-state index contributed by atoms with van der Waals surface area (Å²) in [6, 6.07) is 0.655. The van der Waals surface area contributed by atoms with Gasteiger partial charge in [-0.1, -0.05) is 27.2 Å². The molecule has 0 amide bonds. The minimum absolute atomic E-state index is 0.655. The first-order valence-corrected chi connectivity index (χ1v) is 6.63. The summed E-state index contributed by atoms with van der Waals surface area (Å²) in [5.41, 5.74) is 5.92. The van der Waals surface area contributed by atoms with Gasteiger partial charge in [0.15, 0.2) is 0 Å². The Bertz CT molecular complexity index is 168. The Hall–Kier alpha value is -0.0800. The first-order valence-electron chi connectivity index (χ1n) is 6.63. The van der Waals surface area contributed by atoms with Crippen LogP contribution >= 0.6 is 0 Å². The van der Waals surface area contributed by atoms with Crippen molar-refractivity contribution < 1.29 is 0 Å². The van der Waals surface area contributed by atoms with Crippen molar-refractivity contribution in [2.75, 3.05) is 19.6 Å². The van der Waals surface area contributed by atoms with Crippen LogP contribution in [0.5, 0.6) is 0 Å². The first kappa shape index (κ1) is 13.0. The fourth-order valence-electron chi connectivity index (χ4n) is 2.73. The molecule has 0 radical (unpaired) electrons. The molecule has 1 heterocycles. The van der Waals surface area contributed by atoms with Gasteiger partial charge in [0.05, 0.1) is 0 Å². The van der Waals surface area contributed by atoms with Gasteiger partial charge < -0.3 is 5.73 Å². The molecule has 2 atom stereocenters. The van der Waals surface area contributed by atoms with Gasteiger partial charge >= 0.3 is 0 Å². The second-order valence-electron chi connectivity index (χ2n) is 5.33. The van der Waals surface area contributed by atoms with Gasteiger partial charge in [0.25, 0.3) is 0 Å². The number of hydrogen-bond acceptors (Lipinski definition) is 2. The highest BCUT2D eigenvalue weighted by molar-refractivity contribution is 4.84. The number of rotatable bonds is 5. The summed E-state index contributed by atoms with van der Waals surface area (Å²) in [5, 5.41) is 0. The lowest BCUT2D eigenvalue weighted by atomic mass is 9.87. The zero-order chi connectivity index (χ0) is 11.3. The minimum Gasteiger partial charge on any atom is -0.329 e. The summed E-state index contributed by atoms with van der Waals surface area (Å²) in [5.74, 6) is 1.65. The van der Waals surface area contributed by atoms with Gasteiger partial charge in [0.1, 0.15) is 0 Å². The highest BCUT2D eigenvalue weighted by Crippen LogP contribution is 2.26. The maximum atomic E-state index is 5.92. The van der Waals surface area contributed by atoms with E-state index in [1.54, 1.807) is 0 Å². The van der Waals surface area contributed by atoms with Crippen LogP contribution in [-0.4, -0.2) is 30.6 Å². The summed E-state index contributed by atoms with van der Waals surface area (Å²) in [7, 11) is 0. The van der Waals surface area contributed by atoms with E-state index in [2.05, 4.69) is 25.7 Å². The topological polar surface area (TPSA) is 29.3 Å². The van der Waals surface area contributed by atoms with Crippen molar-refractivity contribution in [1.82, 2.24) is 4.90 Å². The van der Waals surface area contributed by atoms with E-state index in [-0.39, 0.29) is 0 Å². The van der Waals surface area contributed by atoms with E-state index in [4.69, 9.17) is 5.73 Å². The van der Waals surface area contributed by atoms with Gasteiger partial charge in [0, 0.05) is 12.6 Å². The van der Waals surface area contributed by atoms with Crippen LogP contribution in [0.4, 0.5) is 0 Å². The Balaban J connectivity index is 2.45. The quantitative estimate of drug-likeness (QED) is 0.758. The van der Waals surface area contributed by atoms with Crippen LogP contribution in [-0.2, 0) is 0 Å². The Labute approximate surface area is 95.2 Å². The molecule has 0 saturated carbocycles. The van der Waals surface area contributed by atoms with E-state index < -0.39 is 0 Å². The standard InChI is InChI=1S/C13H28N2/c1-4-12-6-5-8-15(13(12)10-14)9-7-11(2)3/h11-13H,4-10,14H2,1-3H3. The lowest BCUT2D eigenvalue weighted by molar-refractivity contribution is 0.0906. The molecule has 1 fully saturated rings. The number of piperidine rings is 1. The largest absolute Gasteiger partial charge is 0.329 e. The van der Waals surface area contributed by atoms with Gasteiger partial charge in [0.2, 0.25) is 0 Å². The first-order chi connectivity index (χ1) is 7.19. The molecule has 0 aromatic heterocycles. The SMILES string of the molecule is CCC1CCCN(CCC(C)C)C1CN. The monoisotopic (exact) mass is 212 g/mol. The number of nitrogens with zero attached hydrogens (tertiary/aromatic N) is 1. The van der Waals surface area contributed by atoms with Gasteiger partial charge in [-0.3, -0.25) is 4.90 Å². The molecule has 0 bridgehead atoms. The molecule has 2 heteroatoms. The number of nitrogens with two attached hydrogens (primary N) is 1. The van der Waals surface area contributed by atoms with Crippen LogP contribution in [0.2, 0.25) is 0 Å². The highest BCUT2D eigenvalue weighted by Gasteiger charge is 2.28. The van der Waals surface area contributed by atoms with Crippen molar-refractivity contribution in [1.29, 1.82) is 0 Å². The summed E-state index contributed by atoms with van der Waals surface area (Å²) < 4.78 is 0. The Kier molecular flexibility index (Phi) is 5.62. The molecule has 1 aliphatic rings. The van der Waals surface area contributed by atoms with Gasteiger partial charge in [-0.05, 0) is 44.2 Å². The molecule has 0 spiro atoms. The molecular weight excluding hydrogens is 184 g/mol. The normalized spacial score (nSPS) is 28.6. The zero-order valence-electron chi connectivity index (χ0n) is 10.7. The van der Waals surface area contributed by atoms with Crippen LogP contribution in [0, 0.1) is 11.8 Å². The van der Waals surface area contributed by atoms with Crippen LogP contribution in [0.3, 0.4) is 0 Å². The Morgan fingerprint density at radius 1 is 1.40 bits per heavy atom. The Morgan fingerprint density at radius 2 is 2.13 bits per heavy atom. The number of hydrogen-bond donors (Lipinski definition) is 1. The maximum absolute atomic E-state index is 5.92.